The van der Waals surface area contributed by atoms with Crippen LogP contribution in [-0.4, -0.2) is 24.5 Å². The van der Waals surface area contributed by atoms with Gasteiger partial charge in [-0.25, -0.2) is 4.79 Å². The molecule has 23 heavy (non-hydrogen) atoms. The van der Waals surface area contributed by atoms with E-state index in [4.69, 9.17) is 4.74 Å². The van der Waals surface area contributed by atoms with Gasteiger partial charge in [0.05, 0.1) is 12.7 Å². The van der Waals surface area contributed by atoms with Crippen molar-refractivity contribution < 1.29 is 9.53 Å². The van der Waals surface area contributed by atoms with Crippen molar-refractivity contribution in [3.8, 4) is 0 Å². The maximum Gasteiger partial charge on any atom is 0.337 e. The zero-order valence-electron chi connectivity index (χ0n) is 13.6. The van der Waals surface area contributed by atoms with Gasteiger partial charge in [-0.2, -0.15) is 0 Å². The molecule has 3 nitrogen and oxygen atoms in total. The minimum Gasteiger partial charge on any atom is -0.465 e. The van der Waals surface area contributed by atoms with Gasteiger partial charge in [0.25, 0.3) is 0 Å². The first-order valence-corrected chi connectivity index (χ1v) is 8.24. The molecule has 0 amide bonds. The zero-order valence-corrected chi connectivity index (χ0v) is 13.6. The molecule has 3 rings (SSSR count). The second kappa shape index (κ2) is 7.42. The van der Waals surface area contributed by atoms with Gasteiger partial charge in [-0.1, -0.05) is 48.9 Å². The summed E-state index contributed by atoms with van der Waals surface area (Å²) in [4.78, 5) is 14.1. The molecule has 1 aliphatic rings. The van der Waals surface area contributed by atoms with E-state index < -0.39 is 0 Å². The van der Waals surface area contributed by atoms with Crippen molar-refractivity contribution in [1.29, 1.82) is 0 Å². The SMILES string of the molecule is COC(=O)c1ccc(CN2CCCCC2c2ccccc2)cc1. The summed E-state index contributed by atoms with van der Waals surface area (Å²) in [5.74, 6) is -0.281. The minimum absolute atomic E-state index is 0.281. The monoisotopic (exact) mass is 309 g/mol. The first-order valence-electron chi connectivity index (χ1n) is 8.24. The van der Waals surface area contributed by atoms with E-state index in [1.54, 1.807) is 0 Å². The highest BCUT2D eigenvalue weighted by molar-refractivity contribution is 5.89. The standard InChI is InChI=1S/C20H23NO2/c1-23-20(22)18-12-10-16(11-13-18)15-21-14-6-5-9-19(21)17-7-3-2-4-8-17/h2-4,7-8,10-13,19H,5-6,9,14-15H2,1H3. The van der Waals surface area contributed by atoms with E-state index in [2.05, 4.69) is 35.2 Å². The van der Waals surface area contributed by atoms with Crippen molar-refractivity contribution in [3.05, 3.63) is 71.3 Å². The van der Waals surface area contributed by atoms with Gasteiger partial charge in [0.15, 0.2) is 0 Å². The van der Waals surface area contributed by atoms with Crippen LogP contribution in [-0.2, 0) is 11.3 Å². The topological polar surface area (TPSA) is 29.5 Å². The van der Waals surface area contributed by atoms with Crippen LogP contribution in [0.25, 0.3) is 0 Å². The van der Waals surface area contributed by atoms with Crippen molar-refractivity contribution in [3.63, 3.8) is 0 Å². The summed E-state index contributed by atoms with van der Waals surface area (Å²) in [6, 6.07) is 19.0. The highest BCUT2D eigenvalue weighted by Crippen LogP contribution is 2.31. The first-order chi connectivity index (χ1) is 11.3. The van der Waals surface area contributed by atoms with Crippen molar-refractivity contribution in [2.45, 2.75) is 31.8 Å². The van der Waals surface area contributed by atoms with E-state index >= 15 is 0 Å². The lowest BCUT2D eigenvalue weighted by atomic mass is 9.94. The summed E-state index contributed by atoms with van der Waals surface area (Å²) < 4.78 is 4.75. The summed E-state index contributed by atoms with van der Waals surface area (Å²) in [5, 5.41) is 0. The van der Waals surface area contributed by atoms with Crippen LogP contribution < -0.4 is 0 Å². The lowest BCUT2D eigenvalue weighted by Crippen LogP contribution is -2.32. The van der Waals surface area contributed by atoms with Gasteiger partial charge in [-0.3, -0.25) is 4.90 Å². The number of nitrogens with zero attached hydrogens (tertiary/aromatic N) is 1. The van der Waals surface area contributed by atoms with Gasteiger partial charge in [-0.05, 0) is 42.6 Å². The lowest BCUT2D eigenvalue weighted by Gasteiger charge is -2.36. The molecule has 0 aliphatic carbocycles. The Labute approximate surface area is 137 Å². The quantitative estimate of drug-likeness (QED) is 0.793. The minimum atomic E-state index is -0.281. The second-order valence-electron chi connectivity index (χ2n) is 6.08. The molecule has 3 heteroatoms. The fourth-order valence-electron chi connectivity index (χ4n) is 3.33. The number of rotatable bonds is 4. The first kappa shape index (κ1) is 15.8. The van der Waals surface area contributed by atoms with Gasteiger partial charge in [-0.15, -0.1) is 0 Å². The van der Waals surface area contributed by atoms with Crippen LogP contribution in [0.1, 0.15) is 46.8 Å². The molecule has 0 aromatic heterocycles. The van der Waals surface area contributed by atoms with Crippen LogP contribution >= 0.6 is 0 Å². The maximum absolute atomic E-state index is 11.5. The van der Waals surface area contributed by atoms with Crippen LogP contribution in [0.5, 0.6) is 0 Å². The third-order valence-corrected chi connectivity index (χ3v) is 4.56. The van der Waals surface area contributed by atoms with E-state index in [0.29, 0.717) is 11.6 Å². The Hall–Kier alpha value is -2.13. The highest BCUT2D eigenvalue weighted by atomic mass is 16.5. The third kappa shape index (κ3) is 3.80. The molecule has 1 atom stereocenters. The van der Waals surface area contributed by atoms with Gasteiger partial charge in [0.2, 0.25) is 0 Å². The van der Waals surface area contributed by atoms with Gasteiger partial charge < -0.3 is 4.74 Å². The van der Waals surface area contributed by atoms with Crippen LogP contribution in [0, 0.1) is 0 Å². The van der Waals surface area contributed by atoms with Crippen LogP contribution in [0.3, 0.4) is 0 Å². The largest absolute Gasteiger partial charge is 0.465 e. The molecule has 120 valence electrons. The third-order valence-electron chi connectivity index (χ3n) is 4.56. The molecule has 0 spiro atoms. The molecule has 1 saturated heterocycles. The summed E-state index contributed by atoms with van der Waals surface area (Å²) in [6.45, 7) is 2.04. The van der Waals surface area contributed by atoms with Crippen LogP contribution in [0.4, 0.5) is 0 Å². The Kier molecular flexibility index (Phi) is 5.09. The number of hydrogen-bond donors (Lipinski definition) is 0. The Morgan fingerprint density at radius 1 is 1.09 bits per heavy atom. The molecule has 1 fully saturated rings. The normalized spacial score (nSPS) is 18.6. The van der Waals surface area contributed by atoms with Gasteiger partial charge in [0.1, 0.15) is 0 Å². The van der Waals surface area contributed by atoms with E-state index in [1.165, 1.54) is 37.5 Å². The molecule has 2 aromatic carbocycles. The summed E-state index contributed by atoms with van der Waals surface area (Å²) in [5.41, 5.74) is 3.24. The second-order valence-corrected chi connectivity index (χ2v) is 6.08. The van der Waals surface area contributed by atoms with Crippen LogP contribution in [0.2, 0.25) is 0 Å². The summed E-state index contributed by atoms with van der Waals surface area (Å²) in [6.07, 6.45) is 3.76. The highest BCUT2D eigenvalue weighted by Gasteiger charge is 2.23. The molecule has 1 heterocycles. The summed E-state index contributed by atoms with van der Waals surface area (Å²) >= 11 is 0. The van der Waals surface area contributed by atoms with Crippen molar-refractivity contribution in [1.82, 2.24) is 4.90 Å². The van der Waals surface area contributed by atoms with E-state index in [9.17, 15) is 4.79 Å². The number of benzene rings is 2. The average molecular weight is 309 g/mol. The predicted molar refractivity (Wildman–Crippen MR) is 91.2 cm³/mol. The number of piperidine rings is 1. The van der Waals surface area contributed by atoms with Gasteiger partial charge in [0, 0.05) is 12.6 Å². The molecular formula is C20H23NO2. The zero-order chi connectivity index (χ0) is 16.1. The number of hydrogen-bond acceptors (Lipinski definition) is 3. The molecule has 1 aliphatic heterocycles. The molecule has 0 bridgehead atoms. The Morgan fingerprint density at radius 3 is 2.52 bits per heavy atom. The number of ether oxygens (including phenoxy) is 1. The Bertz CT molecular complexity index is 636. The fourth-order valence-corrected chi connectivity index (χ4v) is 3.33. The van der Waals surface area contributed by atoms with Crippen molar-refractivity contribution in [2.75, 3.05) is 13.7 Å². The molecule has 1 unspecified atom stereocenters. The number of esters is 1. The molecule has 0 radical (unpaired) electrons. The predicted octanol–water partition coefficient (Wildman–Crippen LogP) is 4.20. The van der Waals surface area contributed by atoms with E-state index in [-0.39, 0.29) is 5.97 Å². The van der Waals surface area contributed by atoms with Crippen molar-refractivity contribution in [2.24, 2.45) is 0 Å². The molecular weight excluding hydrogens is 286 g/mol. The van der Waals surface area contributed by atoms with Gasteiger partial charge >= 0.3 is 5.97 Å². The maximum atomic E-state index is 11.5. The number of carbonyl (C=O) groups is 1. The van der Waals surface area contributed by atoms with Crippen LogP contribution in [0.15, 0.2) is 54.6 Å². The number of methoxy groups -OCH3 is 1. The lowest BCUT2D eigenvalue weighted by molar-refractivity contribution is 0.0600. The molecule has 2 aromatic rings. The smallest absolute Gasteiger partial charge is 0.337 e. The molecule has 0 saturated carbocycles. The summed E-state index contributed by atoms with van der Waals surface area (Å²) in [7, 11) is 1.41. The Balaban J connectivity index is 1.73. The average Bonchev–Trinajstić information content (AvgIpc) is 2.63. The van der Waals surface area contributed by atoms with E-state index in [0.717, 1.165) is 13.1 Å². The van der Waals surface area contributed by atoms with E-state index in [1.807, 2.05) is 24.3 Å². The number of likely N-dealkylation sites (tertiary alicyclic amines) is 1. The Morgan fingerprint density at radius 2 is 1.83 bits per heavy atom. The molecule has 0 N–H and O–H groups in total. The number of carbonyl (C=O) groups excluding carboxylic acids is 1. The van der Waals surface area contributed by atoms with Crippen molar-refractivity contribution >= 4 is 5.97 Å². The fraction of sp³-hybridized carbons (Fsp3) is 0.350.